The molecule has 0 spiro atoms. The monoisotopic (exact) mass is 292 g/mol. The van der Waals surface area contributed by atoms with Crippen molar-refractivity contribution in [1.29, 1.82) is 0 Å². The molecule has 2 aromatic rings. The predicted molar refractivity (Wildman–Crippen MR) is 81.1 cm³/mol. The number of anilines is 1. The predicted octanol–water partition coefficient (Wildman–Crippen LogP) is 3.20. The number of aromatic nitrogens is 2. The molecule has 0 fully saturated rings. The standard InChI is InChI=1S/C15H24N4O2/c1-9(2)7-16-8-14-18-19-15(21-14)17-11(4)13-6-10(3)20-12(13)5/h6,9,11,16H,7-8H2,1-5H3,(H,17,19). The fourth-order valence-corrected chi connectivity index (χ4v) is 2.19. The second kappa shape index (κ2) is 6.76. The molecular formula is C15H24N4O2. The zero-order valence-corrected chi connectivity index (χ0v) is 13.4. The molecule has 0 aliphatic heterocycles. The van der Waals surface area contributed by atoms with Crippen LogP contribution in [0, 0.1) is 19.8 Å². The van der Waals surface area contributed by atoms with E-state index in [0.29, 0.717) is 24.4 Å². The van der Waals surface area contributed by atoms with E-state index in [0.717, 1.165) is 23.6 Å². The van der Waals surface area contributed by atoms with Crippen LogP contribution in [0.25, 0.3) is 0 Å². The van der Waals surface area contributed by atoms with Gasteiger partial charge < -0.3 is 19.5 Å². The van der Waals surface area contributed by atoms with E-state index in [1.165, 1.54) is 0 Å². The Hall–Kier alpha value is -1.82. The van der Waals surface area contributed by atoms with Crippen molar-refractivity contribution in [2.45, 2.75) is 47.2 Å². The van der Waals surface area contributed by atoms with Crippen molar-refractivity contribution >= 4 is 6.01 Å². The minimum absolute atomic E-state index is 0.0550. The van der Waals surface area contributed by atoms with Gasteiger partial charge in [0.25, 0.3) is 0 Å². The van der Waals surface area contributed by atoms with Crippen LogP contribution < -0.4 is 10.6 Å². The number of nitrogens with zero attached hydrogens (tertiary/aromatic N) is 2. The Morgan fingerprint density at radius 3 is 2.52 bits per heavy atom. The van der Waals surface area contributed by atoms with Crippen molar-refractivity contribution in [2.75, 3.05) is 11.9 Å². The lowest BCUT2D eigenvalue weighted by atomic mass is 10.1. The Morgan fingerprint density at radius 2 is 1.90 bits per heavy atom. The van der Waals surface area contributed by atoms with Crippen LogP contribution in [0.5, 0.6) is 0 Å². The van der Waals surface area contributed by atoms with Crippen LogP contribution in [0.4, 0.5) is 6.01 Å². The van der Waals surface area contributed by atoms with Gasteiger partial charge in [-0.25, -0.2) is 0 Å². The topological polar surface area (TPSA) is 76.1 Å². The Balaban J connectivity index is 1.91. The van der Waals surface area contributed by atoms with E-state index < -0.39 is 0 Å². The van der Waals surface area contributed by atoms with E-state index in [9.17, 15) is 0 Å². The lowest BCUT2D eigenvalue weighted by molar-refractivity contribution is 0.456. The first-order chi connectivity index (χ1) is 9.95. The van der Waals surface area contributed by atoms with Crippen LogP contribution in [-0.4, -0.2) is 16.7 Å². The number of hydrogen-bond donors (Lipinski definition) is 2. The Bertz CT molecular complexity index is 574. The van der Waals surface area contributed by atoms with Crippen molar-refractivity contribution in [3.8, 4) is 0 Å². The molecule has 2 heterocycles. The average molecular weight is 292 g/mol. The first-order valence-corrected chi connectivity index (χ1v) is 7.32. The Morgan fingerprint density at radius 1 is 1.14 bits per heavy atom. The van der Waals surface area contributed by atoms with E-state index in [4.69, 9.17) is 8.83 Å². The molecule has 1 unspecified atom stereocenters. The maximum absolute atomic E-state index is 5.58. The summed E-state index contributed by atoms with van der Waals surface area (Å²) in [5, 5.41) is 14.5. The largest absolute Gasteiger partial charge is 0.466 e. The molecule has 116 valence electrons. The Labute approximate surface area is 125 Å². The first kappa shape index (κ1) is 15.6. The molecule has 0 saturated carbocycles. The number of nitrogens with one attached hydrogen (secondary N) is 2. The van der Waals surface area contributed by atoms with Crippen LogP contribution in [0.15, 0.2) is 14.9 Å². The second-order valence-corrected chi connectivity index (χ2v) is 5.76. The van der Waals surface area contributed by atoms with Crippen molar-refractivity contribution in [3.05, 3.63) is 29.0 Å². The van der Waals surface area contributed by atoms with Crippen LogP contribution in [-0.2, 0) is 6.54 Å². The maximum Gasteiger partial charge on any atom is 0.315 e. The fourth-order valence-electron chi connectivity index (χ4n) is 2.19. The summed E-state index contributed by atoms with van der Waals surface area (Å²) in [5.74, 6) is 2.99. The SMILES string of the molecule is Cc1cc(C(C)Nc2nnc(CNCC(C)C)o2)c(C)o1. The zero-order valence-electron chi connectivity index (χ0n) is 13.4. The lowest BCUT2D eigenvalue weighted by Crippen LogP contribution is -2.19. The van der Waals surface area contributed by atoms with Crippen molar-refractivity contribution in [1.82, 2.24) is 15.5 Å². The summed E-state index contributed by atoms with van der Waals surface area (Å²) in [6, 6.07) is 2.51. The smallest absolute Gasteiger partial charge is 0.315 e. The van der Waals surface area contributed by atoms with Gasteiger partial charge >= 0.3 is 6.01 Å². The number of furan rings is 1. The minimum Gasteiger partial charge on any atom is -0.466 e. The molecule has 2 rings (SSSR count). The van der Waals surface area contributed by atoms with Crippen LogP contribution >= 0.6 is 0 Å². The highest BCUT2D eigenvalue weighted by Gasteiger charge is 2.15. The highest BCUT2D eigenvalue weighted by molar-refractivity contribution is 5.31. The van der Waals surface area contributed by atoms with E-state index in [1.54, 1.807) is 0 Å². The zero-order chi connectivity index (χ0) is 15.4. The summed E-state index contributed by atoms with van der Waals surface area (Å²) in [6.45, 7) is 11.8. The van der Waals surface area contributed by atoms with Gasteiger partial charge in [0.2, 0.25) is 5.89 Å². The van der Waals surface area contributed by atoms with Gasteiger partial charge in [-0.1, -0.05) is 18.9 Å². The van der Waals surface area contributed by atoms with Gasteiger partial charge in [-0.2, -0.15) is 0 Å². The molecule has 0 radical (unpaired) electrons. The first-order valence-electron chi connectivity index (χ1n) is 7.32. The molecule has 0 aromatic carbocycles. The molecule has 2 aromatic heterocycles. The third kappa shape index (κ3) is 4.32. The highest BCUT2D eigenvalue weighted by Crippen LogP contribution is 2.24. The number of hydrogen-bond acceptors (Lipinski definition) is 6. The summed E-state index contributed by atoms with van der Waals surface area (Å²) >= 11 is 0. The molecule has 0 saturated heterocycles. The van der Waals surface area contributed by atoms with Gasteiger partial charge in [-0.05, 0) is 39.3 Å². The van der Waals surface area contributed by atoms with Gasteiger partial charge in [0.15, 0.2) is 0 Å². The summed E-state index contributed by atoms with van der Waals surface area (Å²) in [7, 11) is 0. The quantitative estimate of drug-likeness (QED) is 0.816. The van der Waals surface area contributed by atoms with Crippen LogP contribution in [0.1, 0.15) is 49.8 Å². The third-order valence-electron chi connectivity index (χ3n) is 3.18. The molecular weight excluding hydrogens is 268 g/mol. The van der Waals surface area contributed by atoms with Crippen molar-refractivity contribution < 1.29 is 8.83 Å². The molecule has 6 heteroatoms. The molecule has 0 aliphatic carbocycles. The molecule has 1 atom stereocenters. The van der Waals surface area contributed by atoms with E-state index in [1.807, 2.05) is 26.8 Å². The number of rotatable bonds is 7. The van der Waals surface area contributed by atoms with Gasteiger partial charge in [0, 0.05) is 5.56 Å². The average Bonchev–Trinajstić information content (AvgIpc) is 2.95. The van der Waals surface area contributed by atoms with Gasteiger partial charge in [0.05, 0.1) is 12.6 Å². The molecule has 0 aliphatic rings. The third-order valence-corrected chi connectivity index (χ3v) is 3.18. The maximum atomic E-state index is 5.58. The van der Waals surface area contributed by atoms with Crippen molar-refractivity contribution in [2.24, 2.45) is 5.92 Å². The minimum atomic E-state index is 0.0550. The molecule has 2 N–H and O–H groups in total. The second-order valence-electron chi connectivity index (χ2n) is 5.76. The normalized spacial score (nSPS) is 12.9. The molecule has 21 heavy (non-hydrogen) atoms. The van der Waals surface area contributed by atoms with Crippen LogP contribution in [0.2, 0.25) is 0 Å². The van der Waals surface area contributed by atoms with Gasteiger partial charge in [-0.15, -0.1) is 5.10 Å². The summed E-state index contributed by atoms with van der Waals surface area (Å²) in [5.41, 5.74) is 1.10. The summed E-state index contributed by atoms with van der Waals surface area (Å²) in [6.07, 6.45) is 0. The van der Waals surface area contributed by atoms with Crippen LogP contribution in [0.3, 0.4) is 0 Å². The molecule has 0 bridgehead atoms. The lowest BCUT2D eigenvalue weighted by Gasteiger charge is -2.10. The Kier molecular flexibility index (Phi) is 5.01. The van der Waals surface area contributed by atoms with E-state index in [-0.39, 0.29) is 6.04 Å². The van der Waals surface area contributed by atoms with Crippen molar-refractivity contribution in [3.63, 3.8) is 0 Å². The van der Waals surface area contributed by atoms with Gasteiger partial charge in [0.1, 0.15) is 11.5 Å². The molecule has 0 amide bonds. The van der Waals surface area contributed by atoms with E-state index in [2.05, 4.69) is 34.7 Å². The fraction of sp³-hybridized carbons (Fsp3) is 0.600. The van der Waals surface area contributed by atoms with Gasteiger partial charge in [-0.3, -0.25) is 0 Å². The highest BCUT2D eigenvalue weighted by atomic mass is 16.4. The summed E-state index contributed by atoms with van der Waals surface area (Å²) < 4.78 is 11.1. The summed E-state index contributed by atoms with van der Waals surface area (Å²) in [4.78, 5) is 0. The molecule has 6 nitrogen and oxygen atoms in total. The number of aryl methyl sites for hydroxylation is 2. The van der Waals surface area contributed by atoms with E-state index >= 15 is 0 Å².